The van der Waals surface area contributed by atoms with Crippen LogP contribution in [-0.2, 0) is 4.79 Å². The molecule has 2 aromatic carbocycles. The van der Waals surface area contributed by atoms with Crippen molar-refractivity contribution in [1.82, 2.24) is 9.88 Å². The summed E-state index contributed by atoms with van der Waals surface area (Å²) < 4.78 is 0. The Kier molecular flexibility index (Phi) is 5.66. The quantitative estimate of drug-likeness (QED) is 0.632. The Bertz CT molecular complexity index is 1010. The highest BCUT2D eigenvalue weighted by Crippen LogP contribution is 2.22. The maximum Gasteiger partial charge on any atom is 0.238 e. The van der Waals surface area contributed by atoms with E-state index >= 15 is 0 Å². The van der Waals surface area contributed by atoms with Crippen LogP contribution < -0.4 is 5.32 Å². The van der Waals surface area contributed by atoms with Gasteiger partial charge in [-0.05, 0) is 51.9 Å². The van der Waals surface area contributed by atoms with Crippen LogP contribution in [0.2, 0.25) is 0 Å². The van der Waals surface area contributed by atoms with Crippen LogP contribution in [0, 0.1) is 20.8 Å². The first-order valence-corrected chi connectivity index (χ1v) is 9.46. The molecular formula is C23H27N3O2. The number of Topliss-reactive ketones (excluding diaryl/α,β-unsaturated/α-hetero) is 1. The topological polar surface area (TPSA) is 65.2 Å². The number of anilines is 1. The number of aromatic nitrogens is 1. The van der Waals surface area contributed by atoms with E-state index in [1.807, 2.05) is 52.0 Å². The molecule has 0 fully saturated rings. The van der Waals surface area contributed by atoms with Gasteiger partial charge in [-0.2, -0.15) is 0 Å². The normalized spacial score (nSPS) is 12.4. The molecule has 0 radical (unpaired) electrons. The van der Waals surface area contributed by atoms with E-state index in [1.54, 1.807) is 18.1 Å². The number of rotatable bonds is 6. The first-order chi connectivity index (χ1) is 13.3. The molecule has 1 aromatic heterocycles. The summed E-state index contributed by atoms with van der Waals surface area (Å²) in [6.07, 6.45) is 1.75. The average molecular weight is 377 g/mol. The Balaban J connectivity index is 1.69. The van der Waals surface area contributed by atoms with Gasteiger partial charge in [-0.1, -0.05) is 35.9 Å². The van der Waals surface area contributed by atoms with Crippen LogP contribution in [0.5, 0.6) is 0 Å². The third kappa shape index (κ3) is 3.99. The number of nitrogens with one attached hydrogen (secondary N) is 2. The lowest BCUT2D eigenvalue weighted by atomic mass is 10.0. The van der Waals surface area contributed by atoms with Gasteiger partial charge in [-0.15, -0.1) is 0 Å². The van der Waals surface area contributed by atoms with Crippen molar-refractivity contribution in [1.29, 1.82) is 0 Å². The molecule has 0 spiro atoms. The van der Waals surface area contributed by atoms with Gasteiger partial charge >= 0.3 is 0 Å². The lowest BCUT2D eigenvalue weighted by molar-refractivity contribution is -0.117. The molecule has 28 heavy (non-hydrogen) atoms. The zero-order valence-corrected chi connectivity index (χ0v) is 17.1. The predicted octanol–water partition coefficient (Wildman–Crippen LogP) is 4.23. The van der Waals surface area contributed by atoms with Gasteiger partial charge < -0.3 is 10.3 Å². The number of H-pyrrole nitrogens is 1. The zero-order chi connectivity index (χ0) is 20.4. The summed E-state index contributed by atoms with van der Waals surface area (Å²) in [5.74, 6) is -0.133. The SMILES string of the molecule is Cc1cc(C)c(NC(=O)CN(C)C(C)C(=O)c2c[nH]c3ccccc23)c(C)c1. The number of benzene rings is 2. The average Bonchev–Trinajstić information content (AvgIpc) is 3.07. The summed E-state index contributed by atoms with van der Waals surface area (Å²) in [5.41, 5.74) is 5.68. The molecule has 1 heterocycles. The minimum absolute atomic E-state index is 0.00422. The molecule has 5 nitrogen and oxygen atoms in total. The van der Waals surface area contributed by atoms with E-state index < -0.39 is 6.04 Å². The summed E-state index contributed by atoms with van der Waals surface area (Å²) in [4.78, 5) is 30.4. The summed E-state index contributed by atoms with van der Waals surface area (Å²) in [7, 11) is 1.80. The number of hydrogen-bond acceptors (Lipinski definition) is 3. The minimum Gasteiger partial charge on any atom is -0.360 e. The van der Waals surface area contributed by atoms with Crippen molar-refractivity contribution in [3.63, 3.8) is 0 Å². The summed E-state index contributed by atoms with van der Waals surface area (Å²) in [6.45, 7) is 7.99. The lowest BCUT2D eigenvalue weighted by Crippen LogP contribution is -2.41. The van der Waals surface area contributed by atoms with Crippen LogP contribution in [-0.4, -0.2) is 41.2 Å². The largest absolute Gasteiger partial charge is 0.360 e. The van der Waals surface area contributed by atoms with Gasteiger partial charge in [-0.3, -0.25) is 14.5 Å². The molecule has 3 aromatic rings. The number of hydrogen-bond donors (Lipinski definition) is 2. The molecule has 0 aliphatic carbocycles. The van der Waals surface area contributed by atoms with Gasteiger partial charge in [0, 0.05) is 28.4 Å². The van der Waals surface area contributed by atoms with E-state index in [0.717, 1.165) is 27.7 Å². The Morgan fingerprint density at radius 2 is 1.75 bits per heavy atom. The molecule has 146 valence electrons. The number of ketones is 1. The van der Waals surface area contributed by atoms with E-state index in [4.69, 9.17) is 0 Å². The van der Waals surface area contributed by atoms with Crippen LogP contribution in [0.15, 0.2) is 42.6 Å². The van der Waals surface area contributed by atoms with Gasteiger partial charge in [-0.25, -0.2) is 0 Å². The monoisotopic (exact) mass is 377 g/mol. The Labute approximate surface area is 165 Å². The van der Waals surface area contributed by atoms with Gasteiger partial charge in [0.15, 0.2) is 5.78 Å². The van der Waals surface area contributed by atoms with Crippen molar-refractivity contribution in [3.05, 3.63) is 64.8 Å². The van der Waals surface area contributed by atoms with Gasteiger partial charge in [0.25, 0.3) is 0 Å². The number of carbonyl (C=O) groups is 2. The van der Waals surface area contributed by atoms with Crippen molar-refractivity contribution < 1.29 is 9.59 Å². The molecule has 2 N–H and O–H groups in total. The van der Waals surface area contributed by atoms with Crippen molar-refractivity contribution in [3.8, 4) is 0 Å². The molecule has 3 rings (SSSR count). The van der Waals surface area contributed by atoms with Crippen LogP contribution in [0.3, 0.4) is 0 Å². The number of likely N-dealkylation sites (N-methyl/N-ethyl adjacent to an activating group) is 1. The molecule has 0 saturated heterocycles. The zero-order valence-electron chi connectivity index (χ0n) is 17.1. The van der Waals surface area contributed by atoms with E-state index in [-0.39, 0.29) is 18.2 Å². The van der Waals surface area contributed by atoms with Crippen molar-refractivity contribution >= 4 is 28.3 Å². The van der Waals surface area contributed by atoms with Crippen LogP contribution in [0.4, 0.5) is 5.69 Å². The Morgan fingerprint density at radius 1 is 1.11 bits per heavy atom. The number of para-hydroxylation sites is 1. The summed E-state index contributed by atoms with van der Waals surface area (Å²) in [6, 6.07) is 11.4. The highest BCUT2D eigenvalue weighted by molar-refractivity contribution is 6.10. The molecule has 0 saturated carbocycles. The van der Waals surface area contributed by atoms with E-state index in [1.165, 1.54) is 5.56 Å². The Morgan fingerprint density at radius 3 is 2.43 bits per heavy atom. The molecular weight excluding hydrogens is 350 g/mol. The second-order valence-electron chi connectivity index (χ2n) is 7.53. The number of nitrogens with zero attached hydrogens (tertiary/aromatic N) is 1. The molecule has 5 heteroatoms. The number of amides is 1. The number of aryl methyl sites for hydroxylation is 3. The van der Waals surface area contributed by atoms with Crippen molar-refractivity contribution in [2.75, 3.05) is 18.9 Å². The third-order valence-electron chi connectivity index (χ3n) is 5.23. The van der Waals surface area contributed by atoms with Crippen LogP contribution in [0.1, 0.15) is 34.0 Å². The fourth-order valence-electron chi connectivity index (χ4n) is 3.62. The van der Waals surface area contributed by atoms with Gasteiger partial charge in [0.05, 0.1) is 12.6 Å². The second-order valence-corrected chi connectivity index (χ2v) is 7.53. The number of aromatic amines is 1. The minimum atomic E-state index is -0.412. The highest BCUT2D eigenvalue weighted by atomic mass is 16.2. The third-order valence-corrected chi connectivity index (χ3v) is 5.23. The molecule has 1 amide bonds. The Hall–Kier alpha value is -2.92. The molecule has 1 unspecified atom stereocenters. The van der Waals surface area contributed by atoms with Gasteiger partial charge in [0.1, 0.15) is 0 Å². The first-order valence-electron chi connectivity index (χ1n) is 9.46. The van der Waals surface area contributed by atoms with Crippen LogP contribution in [0.25, 0.3) is 10.9 Å². The number of carbonyl (C=O) groups excluding carboxylic acids is 2. The molecule has 0 aliphatic heterocycles. The van der Waals surface area contributed by atoms with Crippen molar-refractivity contribution in [2.45, 2.75) is 33.7 Å². The summed E-state index contributed by atoms with van der Waals surface area (Å²) >= 11 is 0. The maximum atomic E-state index is 13.0. The summed E-state index contributed by atoms with van der Waals surface area (Å²) in [5, 5.41) is 3.90. The molecule has 1 atom stereocenters. The maximum absolute atomic E-state index is 13.0. The van der Waals surface area contributed by atoms with E-state index in [2.05, 4.69) is 22.4 Å². The molecule has 0 aliphatic rings. The number of fused-ring (bicyclic) bond motifs is 1. The fourth-order valence-corrected chi connectivity index (χ4v) is 3.62. The van der Waals surface area contributed by atoms with Gasteiger partial charge in [0.2, 0.25) is 5.91 Å². The highest BCUT2D eigenvalue weighted by Gasteiger charge is 2.24. The van der Waals surface area contributed by atoms with E-state index in [9.17, 15) is 9.59 Å². The molecule has 0 bridgehead atoms. The lowest BCUT2D eigenvalue weighted by Gasteiger charge is -2.23. The first kappa shape index (κ1) is 19.8. The van der Waals surface area contributed by atoms with Crippen molar-refractivity contribution in [2.24, 2.45) is 0 Å². The smallest absolute Gasteiger partial charge is 0.238 e. The van der Waals surface area contributed by atoms with Crippen LogP contribution >= 0.6 is 0 Å². The second kappa shape index (κ2) is 7.98. The predicted molar refractivity (Wildman–Crippen MR) is 114 cm³/mol. The standard InChI is InChI=1S/C23H27N3O2/c1-14-10-15(2)22(16(3)11-14)25-21(27)13-26(5)17(4)23(28)19-12-24-20-9-7-6-8-18(19)20/h6-12,17,24H,13H2,1-5H3,(H,25,27). The fraction of sp³-hybridized carbons (Fsp3) is 0.304. The van der Waals surface area contributed by atoms with E-state index in [0.29, 0.717) is 5.56 Å².